The Morgan fingerprint density at radius 1 is 0.909 bits per heavy atom. The molecule has 2 aromatic heterocycles. The number of anilines is 1. The van der Waals surface area contributed by atoms with Crippen LogP contribution in [0.3, 0.4) is 0 Å². The summed E-state index contributed by atoms with van der Waals surface area (Å²) in [6, 6.07) is 15.0. The fourth-order valence-corrected chi connectivity index (χ4v) is 7.77. The average molecular weight is 781 g/mol. The summed E-state index contributed by atoms with van der Waals surface area (Å²) < 4.78 is 96.4. The van der Waals surface area contributed by atoms with Gasteiger partial charge in [-0.25, -0.2) is 36.5 Å². The maximum absolute atomic E-state index is 15.2. The van der Waals surface area contributed by atoms with E-state index in [2.05, 4.69) is 15.0 Å². The highest BCUT2D eigenvalue weighted by Crippen LogP contribution is 2.38. The molecule has 1 fully saturated rings. The van der Waals surface area contributed by atoms with E-state index in [-0.39, 0.29) is 64.9 Å². The molecule has 5 aromatic rings. The number of fused-ring (bicyclic) bond motifs is 1. The highest BCUT2D eigenvalue weighted by Gasteiger charge is 2.42. The fraction of sp³-hybridized carbons (Fsp3) is 0.316. The van der Waals surface area contributed by atoms with Gasteiger partial charge in [0, 0.05) is 79.6 Å². The van der Waals surface area contributed by atoms with E-state index in [1.165, 1.54) is 62.9 Å². The summed E-state index contributed by atoms with van der Waals surface area (Å²) in [7, 11) is 1.46. The Kier molecular flexibility index (Phi) is 11.1. The number of ether oxygens (including phenoxy) is 4. The number of amides is 1. The average Bonchev–Trinajstić information content (AvgIpc) is 3.18. The molecule has 0 spiro atoms. The number of pyridine rings is 1. The lowest BCUT2D eigenvalue weighted by Crippen LogP contribution is -2.47. The van der Waals surface area contributed by atoms with E-state index in [1.54, 1.807) is 36.4 Å². The van der Waals surface area contributed by atoms with E-state index in [0.717, 1.165) is 12.1 Å². The number of aromatic nitrogens is 3. The molecular formula is C38H39F3N6O7S. The normalized spacial score (nSPS) is 15.6. The molecule has 6 rings (SSSR count). The van der Waals surface area contributed by atoms with Crippen LogP contribution in [0.25, 0.3) is 22.2 Å². The molecule has 1 aliphatic heterocycles. The van der Waals surface area contributed by atoms with Crippen molar-refractivity contribution in [3.05, 3.63) is 89.5 Å². The van der Waals surface area contributed by atoms with Gasteiger partial charge in [-0.15, -0.1) is 0 Å². The molecular weight excluding hydrogens is 742 g/mol. The minimum atomic E-state index is -4.45. The number of hydrogen-bond acceptors (Lipinski definition) is 11. The smallest absolute Gasteiger partial charge is 0.271 e. The number of rotatable bonds is 13. The molecule has 1 amide bonds. The first-order chi connectivity index (χ1) is 26.2. The van der Waals surface area contributed by atoms with Crippen molar-refractivity contribution in [1.29, 1.82) is 0 Å². The van der Waals surface area contributed by atoms with Crippen molar-refractivity contribution in [2.45, 2.75) is 37.4 Å². The topological polar surface area (TPSA) is 159 Å². The number of nitrogens with zero attached hydrogens (tertiary/aromatic N) is 5. The number of primary amides is 1. The molecule has 55 heavy (non-hydrogen) atoms. The Balaban J connectivity index is 1.47. The quantitative estimate of drug-likeness (QED) is 0.153. The van der Waals surface area contributed by atoms with E-state index in [4.69, 9.17) is 24.7 Å². The third-order valence-corrected chi connectivity index (χ3v) is 11.2. The van der Waals surface area contributed by atoms with Crippen LogP contribution < -0.4 is 29.6 Å². The van der Waals surface area contributed by atoms with Crippen molar-refractivity contribution in [3.63, 3.8) is 0 Å². The predicted octanol–water partition coefficient (Wildman–Crippen LogP) is 5.84. The number of carbonyl (C=O) groups excluding carboxylic acids is 1. The minimum absolute atomic E-state index is 0.0369. The van der Waals surface area contributed by atoms with Crippen LogP contribution in [0.5, 0.6) is 23.0 Å². The van der Waals surface area contributed by atoms with Gasteiger partial charge in [0.2, 0.25) is 0 Å². The zero-order valence-electron chi connectivity index (χ0n) is 30.7. The van der Waals surface area contributed by atoms with Crippen LogP contribution in [0.15, 0.2) is 71.9 Å². The molecule has 1 aliphatic rings. The lowest BCUT2D eigenvalue weighted by molar-refractivity contribution is -0.0652. The first-order valence-electron chi connectivity index (χ1n) is 17.0. The van der Waals surface area contributed by atoms with E-state index in [0.29, 0.717) is 34.1 Å². The minimum Gasteiger partial charge on any atom is -0.497 e. The fourth-order valence-electron chi connectivity index (χ4n) is 6.42. The van der Waals surface area contributed by atoms with Crippen molar-refractivity contribution in [1.82, 2.24) is 19.3 Å². The first kappa shape index (κ1) is 39.0. The number of hydrogen-bond donors (Lipinski definition) is 1. The molecule has 0 radical (unpaired) electrons. The predicted molar refractivity (Wildman–Crippen MR) is 198 cm³/mol. The zero-order chi connectivity index (χ0) is 39.7. The summed E-state index contributed by atoms with van der Waals surface area (Å²) in [5, 5.41) is -0.378. The van der Waals surface area contributed by atoms with Crippen LogP contribution in [-0.2, 0) is 23.1 Å². The lowest BCUT2D eigenvalue weighted by Gasteiger charge is -2.37. The monoisotopic (exact) mass is 780 g/mol. The molecule has 17 heteroatoms. The summed E-state index contributed by atoms with van der Waals surface area (Å²) in [4.78, 5) is 27.2. The van der Waals surface area contributed by atoms with Gasteiger partial charge in [0.05, 0.1) is 39.5 Å². The van der Waals surface area contributed by atoms with Gasteiger partial charge >= 0.3 is 0 Å². The summed E-state index contributed by atoms with van der Waals surface area (Å²) in [5.41, 5.74) is 6.73. The lowest BCUT2D eigenvalue weighted by atomic mass is 9.95. The highest BCUT2D eigenvalue weighted by atomic mass is 32.2. The molecule has 13 nitrogen and oxygen atoms in total. The van der Waals surface area contributed by atoms with E-state index in [1.807, 2.05) is 0 Å². The van der Waals surface area contributed by atoms with Crippen LogP contribution in [-0.4, -0.2) is 81.0 Å². The SMILES string of the molecule is COc1ccc(CN(Cc2ccc(OC)cc2OC)S(=O)(=O)c2cc(-c3cc(F)cc4nc(C(N)=O)c(N5CCC(F)(F)C(C)C5)nc34)ccn2)c(OC)c1. The van der Waals surface area contributed by atoms with Gasteiger partial charge < -0.3 is 29.6 Å². The van der Waals surface area contributed by atoms with Gasteiger partial charge in [-0.1, -0.05) is 19.1 Å². The number of alkyl halides is 2. The summed E-state index contributed by atoms with van der Waals surface area (Å²) in [5.74, 6) is -3.99. The molecule has 2 N–H and O–H groups in total. The Labute approximate surface area is 315 Å². The molecule has 1 atom stereocenters. The van der Waals surface area contributed by atoms with Gasteiger partial charge in [-0.05, 0) is 35.9 Å². The van der Waals surface area contributed by atoms with E-state index >= 15 is 4.39 Å². The van der Waals surface area contributed by atoms with Gasteiger partial charge in [0.25, 0.3) is 21.9 Å². The Morgan fingerprint density at radius 3 is 2.07 bits per heavy atom. The van der Waals surface area contributed by atoms with Crippen LogP contribution >= 0.6 is 0 Å². The van der Waals surface area contributed by atoms with Crippen molar-refractivity contribution >= 4 is 32.8 Å². The first-order valence-corrected chi connectivity index (χ1v) is 18.4. The molecule has 1 unspecified atom stereocenters. The summed E-state index contributed by atoms with van der Waals surface area (Å²) in [6.45, 7) is 0.771. The Morgan fingerprint density at radius 2 is 1.53 bits per heavy atom. The van der Waals surface area contributed by atoms with Crippen molar-refractivity contribution in [2.75, 3.05) is 46.4 Å². The van der Waals surface area contributed by atoms with Gasteiger partial charge in [-0.2, -0.15) is 4.31 Å². The second-order valence-corrected chi connectivity index (χ2v) is 14.8. The molecule has 0 saturated carbocycles. The summed E-state index contributed by atoms with van der Waals surface area (Å²) >= 11 is 0. The number of carbonyl (C=O) groups is 1. The molecule has 3 aromatic carbocycles. The van der Waals surface area contributed by atoms with Gasteiger partial charge in [-0.3, -0.25) is 4.79 Å². The molecule has 290 valence electrons. The van der Waals surface area contributed by atoms with Crippen LogP contribution in [0.2, 0.25) is 0 Å². The third kappa shape index (κ3) is 7.93. The molecule has 0 bridgehead atoms. The number of benzene rings is 3. The Bertz CT molecular complexity index is 2310. The second-order valence-electron chi connectivity index (χ2n) is 13.0. The van der Waals surface area contributed by atoms with E-state index in [9.17, 15) is 22.0 Å². The zero-order valence-corrected chi connectivity index (χ0v) is 31.5. The number of halogens is 3. The van der Waals surface area contributed by atoms with Gasteiger partial charge in [0.15, 0.2) is 16.5 Å². The second kappa shape index (κ2) is 15.6. The third-order valence-electron chi connectivity index (χ3n) is 9.51. The van der Waals surface area contributed by atoms with Gasteiger partial charge in [0.1, 0.15) is 28.8 Å². The summed E-state index contributed by atoms with van der Waals surface area (Å²) in [6.07, 6.45) is 0.773. The number of methoxy groups -OCH3 is 4. The standard InChI is InChI=1S/C38H39F3N6O7S/c1-22-19-46(13-11-38(22,40)41)37-35(36(42)48)44-30-16-26(39)15-29(34(30)45-37)23-10-12-43-33(14-23)55(49,50)47(20-24-6-8-27(51-2)17-31(24)53-4)21-25-7-9-28(52-3)18-32(25)54-5/h6-10,12,14-18,22H,11,13,19-21H2,1-5H3,(H2,42,48). The van der Waals surface area contributed by atoms with Crippen molar-refractivity contribution < 1.29 is 45.3 Å². The van der Waals surface area contributed by atoms with Crippen molar-refractivity contribution in [2.24, 2.45) is 11.7 Å². The molecule has 1 saturated heterocycles. The van der Waals surface area contributed by atoms with E-state index < -0.39 is 40.0 Å². The number of piperidine rings is 1. The maximum atomic E-state index is 15.2. The Hall–Kier alpha value is -5.68. The van der Waals surface area contributed by atoms with Crippen LogP contribution in [0.4, 0.5) is 19.0 Å². The molecule has 0 aliphatic carbocycles. The largest absolute Gasteiger partial charge is 0.497 e. The number of nitrogens with two attached hydrogens (primary N) is 1. The van der Waals surface area contributed by atoms with Crippen LogP contribution in [0, 0.1) is 11.7 Å². The highest BCUT2D eigenvalue weighted by molar-refractivity contribution is 7.89. The maximum Gasteiger partial charge on any atom is 0.271 e. The van der Waals surface area contributed by atoms with Crippen LogP contribution in [0.1, 0.15) is 35.0 Å². The number of sulfonamides is 1. The van der Waals surface area contributed by atoms with Crippen molar-refractivity contribution in [3.8, 4) is 34.1 Å². The molecule has 3 heterocycles.